The maximum atomic E-state index is 12.5. The summed E-state index contributed by atoms with van der Waals surface area (Å²) >= 11 is 1.48. The van der Waals surface area contributed by atoms with Gasteiger partial charge in [0.2, 0.25) is 0 Å². The summed E-state index contributed by atoms with van der Waals surface area (Å²) in [5.41, 5.74) is -0.129. The van der Waals surface area contributed by atoms with Crippen LogP contribution in [0.3, 0.4) is 0 Å². The van der Waals surface area contributed by atoms with Gasteiger partial charge in [-0.3, -0.25) is 0 Å². The first-order chi connectivity index (χ1) is 9.54. The van der Waals surface area contributed by atoms with E-state index in [0.29, 0.717) is 11.5 Å². The average molecular weight is 295 g/mol. The zero-order chi connectivity index (χ0) is 14.2. The van der Waals surface area contributed by atoms with Crippen molar-refractivity contribution in [2.75, 3.05) is 5.32 Å². The summed E-state index contributed by atoms with van der Waals surface area (Å²) in [6.07, 6.45) is -2.90. The molecule has 0 saturated carbocycles. The molecule has 20 heavy (non-hydrogen) atoms. The molecule has 1 aromatic carbocycles. The van der Waals surface area contributed by atoms with Crippen molar-refractivity contribution in [1.29, 1.82) is 0 Å². The van der Waals surface area contributed by atoms with Crippen LogP contribution in [0.4, 0.5) is 24.7 Å². The lowest BCUT2D eigenvalue weighted by atomic mass is 10.2. The fraction of sp³-hybridized carbons (Fsp3) is 0.0769. The molecule has 3 nitrogen and oxygen atoms in total. The summed E-state index contributed by atoms with van der Waals surface area (Å²) in [5.74, 6) is 0.580. The van der Waals surface area contributed by atoms with Crippen LogP contribution >= 0.6 is 11.3 Å². The molecule has 0 amide bonds. The molecule has 3 aromatic rings. The first-order valence-corrected chi connectivity index (χ1v) is 6.54. The molecule has 1 N–H and O–H groups in total. The summed E-state index contributed by atoms with van der Waals surface area (Å²) in [5, 5.41) is 5.73. The SMILES string of the molecule is FC(F)(F)c1ccc(Nc2ncnc3sccc23)cc1. The van der Waals surface area contributed by atoms with Crippen molar-refractivity contribution < 1.29 is 13.2 Å². The van der Waals surface area contributed by atoms with Crippen molar-refractivity contribution in [3.05, 3.63) is 47.6 Å². The summed E-state index contributed by atoms with van der Waals surface area (Å²) < 4.78 is 37.4. The number of hydrogen-bond acceptors (Lipinski definition) is 4. The zero-order valence-corrected chi connectivity index (χ0v) is 10.8. The lowest BCUT2D eigenvalue weighted by molar-refractivity contribution is -0.137. The highest BCUT2D eigenvalue weighted by molar-refractivity contribution is 7.16. The van der Waals surface area contributed by atoms with Crippen molar-refractivity contribution in [2.45, 2.75) is 6.18 Å². The first-order valence-electron chi connectivity index (χ1n) is 5.66. The largest absolute Gasteiger partial charge is 0.416 e. The number of nitrogens with zero attached hydrogens (tertiary/aromatic N) is 2. The highest BCUT2D eigenvalue weighted by Crippen LogP contribution is 2.31. The van der Waals surface area contributed by atoms with Crippen LogP contribution in [0.25, 0.3) is 10.2 Å². The van der Waals surface area contributed by atoms with Crippen LogP contribution in [0.15, 0.2) is 42.0 Å². The predicted octanol–water partition coefficient (Wildman–Crippen LogP) is 4.45. The predicted molar refractivity (Wildman–Crippen MR) is 72.1 cm³/mol. The standard InChI is InChI=1S/C13H8F3N3S/c14-13(15,16)8-1-3-9(4-2-8)19-11-10-5-6-20-12(10)18-7-17-11/h1-7H,(H,17,18,19). The molecular formula is C13H8F3N3S. The second kappa shape index (κ2) is 4.75. The van der Waals surface area contributed by atoms with Gasteiger partial charge in [0, 0.05) is 5.69 Å². The molecular weight excluding hydrogens is 287 g/mol. The highest BCUT2D eigenvalue weighted by Gasteiger charge is 2.29. The molecule has 0 aliphatic heterocycles. The molecule has 0 fully saturated rings. The van der Waals surface area contributed by atoms with Crippen molar-refractivity contribution >= 4 is 33.1 Å². The van der Waals surface area contributed by atoms with Crippen molar-refractivity contribution in [1.82, 2.24) is 9.97 Å². The molecule has 0 saturated heterocycles. The minimum atomic E-state index is -4.33. The van der Waals surface area contributed by atoms with Gasteiger partial charge in [0.05, 0.1) is 10.9 Å². The summed E-state index contributed by atoms with van der Waals surface area (Å²) in [7, 11) is 0. The Morgan fingerprint density at radius 2 is 1.75 bits per heavy atom. The Morgan fingerprint density at radius 1 is 1.00 bits per heavy atom. The number of halogens is 3. The van der Waals surface area contributed by atoms with Crippen molar-refractivity contribution in [2.24, 2.45) is 0 Å². The Balaban J connectivity index is 1.90. The Labute approximate surface area is 116 Å². The fourth-order valence-electron chi connectivity index (χ4n) is 1.77. The lowest BCUT2D eigenvalue weighted by Crippen LogP contribution is -2.04. The number of aromatic nitrogens is 2. The third-order valence-corrected chi connectivity index (χ3v) is 3.56. The Bertz CT molecular complexity index is 734. The molecule has 0 atom stereocenters. The number of fused-ring (bicyclic) bond motifs is 1. The molecule has 0 radical (unpaired) electrons. The van der Waals surface area contributed by atoms with E-state index in [1.165, 1.54) is 29.8 Å². The monoisotopic (exact) mass is 295 g/mol. The maximum Gasteiger partial charge on any atom is 0.416 e. The molecule has 7 heteroatoms. The second-order valence-electron chi connectivity index (χ2n) is 4.06. The van der Waals surface area contributed by atoms with Gasteiger partial charge in [-0.05, 0) is 35.7 Å². The molecule has 3 rings (SSSR count). The van der Waals surface area contributed by atoms with Crippen LogP contribution in [-0.2, 0) is 6.18 Å². The van der Waals surface area contributed by atoms with E-state index in [-0.39, 0.29) is 0 Å². The van der Waals surface area contributed by atoms with Crippen LogP contribution in [0.2, 0.25) is 0 Å². The van der Waals surface area contributed by atoms with E-state index in [4.69, 9.17) is 0 Å². The topological polar surface area (TPSA) is 37.8 Å². The number of alkyl halides is 3. The smallest absolute Gasteiger partial charge is 0.340 e. The van der Waals surface area contributed by atoms with Gasteiger partial charge in [0.15, 0.2) is 0 Å². The van der Waals surface area contributed by atoms with Crippen LogP contribution in [-0.4, -0.2) is 9.97 Å². The number of hydrogen-bond donors (Lipinski definition) is 1. The van der Waals surface area contributed by atoms with Gasteiger partial charge in [-0.1, -0.05) is 0 Å². The molecule has 0 spiro atoms. The molecule has 0 aliphatic carbocycles. The Hall–Kier alpha value is -2.15. The third kappa shape index (κ3) is 2.44. The van der Waals surface area contributed by atoms with Crippen LogP contribution in [0.5, 0.6) is 0 Å². The molecule has 0 aliphatic rings. The number of thiophene rings is 1. The Kier molecular flexibility index (Phi) is 3.06. The van der Waals surface area contributed by atoms with E-state index >= 15 is 0 Å². The van der Waals surface area contributed by atoms with Gasteiger partial charge in [0.25, 0.3) is 0 Å². The summed E-state index contributed by atoms with van der Waals surface area (Å²) in [6.45, 7) is 0. The Morgan fingerprint density at radius 3 is 2.45 bits per heavy atom. The fourth-order valence-corrected chi connectivity index (χ4v) is 2.50. The van der Waals surface area contributed by atoms with Crippen molar-refractivity contribution in [3.63, 3.8) is 0 Å². The lowest BCUT2D eigenvalue weighted by Gasteiger charge is -2.09. The third-order valence-electron chi connectivity index (χ3n) is 2.74. The zero-order valence-electron chi connectivity index (χ0n) is 9.98. The average Bonchev–Trinajstić information content (AvgIpc) is 2.88. The number of benzene rings is 1. The molecule has 0 bridgehead atoms. The normalized spacial score (nSPS) is 11.8. The van der Waals surface area contributed by atoms with E-state index in [0.717, 1.165) is 22.3 Å². The number of nitrogens with one attached hydrogen (secondary N) is 1. The van der Waals surface area contributed by atoms with Gasteiger partial charge < -0.3 is 5.32 Å². The van der Waals surface area contributed by atoms with E-state index in [1.54, 1.807) is 0 Å². The van der Waals surface area contributed by atoms with E-state index in [1.807, 2.05) is 11.4 Å². The van der Waals surface area contributed by atoms with Gasteiger partial charge in [-0.2, -0.15) is 13.2 Å². The number of rotatable bonds is 2. The minimum absolute atomic E-state index is 0.546. The van der Waals surface area contributed by atoms with Crippen molar-refractivity contribution in [3.8, 4) is 0 Å². The maximum absolute atomic E-state index is 12.5. The van der Waals surface area contributed by atoms with Crippen LogP contribution < -0.4 is 5.32 Å². The van der Waals surface area contributed by atoms with Gasteiger partial charge in [-0.25, -0.2) is 9.97 Å². The van der Waals surface area contributed by atoms with Crippen LogP contribution in [0, 0.1) is 0 Å². The van der Waals surface area contributed by atoms with Gasteiger partial charge >= 0.3 is 6.18 Å². The molecule has 102 valence electrons. The van der Waals surface area contributed by atoms with E-state index in [9.17, 15) is 13.2 Å². The minimum Gasteiger partial charge on any atom is -0.340 e. The van der Waals surface area contributed by atoms with E-state index < -0.39 is 11.7 Å². The quantitative estimate of drug-likeness (QED) is 0.758. The van der Waals surface area contributed by atoms with E-state index in [2.05, 4.69) is 15.3 Å². The summed E-state index contributed by atoms with van der Waals surface area (Å²) in [6, 6.07) is 6.70. The van der Waals surface area contributed by atoms with Gasteiger partial charge in [0.1, 0.15) is 17.0 Å². The summed E-state index contributed by atoms with van der Waals surface area (Å²) in [4.78, 5) is 9.04. The number of anilines is 2. The second-order valence-corrected chi connectivity index (χ2v) is 4.96. The van der Waals surface area contributed by atoms with Gasteiger partial charge in [-0.15, -0.1) is 11.3 Å². The molecule has 2 aromatic heterocycles. The first kappa shape index (κ1) is 12.9. The molecule has 2 heterocycles. The highest BCUT2D eigenvalue weighted by atomic mass is 32.1. The molecule has 0 unspecified atom stereocenters. The van der Waals surface area contributed by atoms with Crippen LogP contribution in [0.1, 0.15) is 5.56 Å².